The number of nitrogens with zero attached hydrogens (tertiary/aromatic N) is 3. The lowest BCUT2D eigenvalue weighted by Crippen LogP contribution is -2.04. The fourth-order valence-corrected chi connectivity index (χ4v) is 4.99. The molecule has 1 N–H and O–H groups in total. The van der Waals surface area contributed by atoms with Crippen LogP contribution in [0.1, 0.15) is 16.7 Å². The zero-order chi connectivity index (χ0) is 27.6. The summed E-state index contributed by atoms with van der Waals surface area (Å²) in [6, 6.07) is 43.8. The molecule has 0 aliphatic carbocycles. The fourth-order valence-electron chi connectivity index (χ4n) is 4.99. The summed E-state index contributed by atoms with van der Waals surface area (Å²) in [5.74, 6) is 1.20. The highest BCUT2D eigenvalue weighted by Crippen LogP contribution is 2.33. The number of aromatic nitrogens is 1. The van der Waals surface area contributed by atoms with Gasteiger partial charge >= 0.3 is 0 Å². The van der Waals surface area contributed by atoms with E-state index in [1.54, 1.807) is 6.21 Å². The van der Waals surface area contributed by atoms with Crippen molar-refractivity contribution < 1.29 is 4.42 Å². The molecule has 0 unspecified atom stereocenters. The number of aliphatic imine (C=N–C) groups is 2. The molecular formula is C36H24N4O. The molecule has 0 amide bonds. The molecule has 1 heterocycles. The Morgan fingerprint density at radius 3 is 2.27 bits per heavy atom. The maximum absolute atomic E-state index is 8.83. The zero-order valence-electron chi connectivity index (χ0n) is 22.0. The van der Waals surface area contributed by atoms with Gasteiger partial charge in [0, 0.05) is 28.3 Å². The van der Waals surface area contributed by atoms with Crippen LogP contribution in [0.5, 0.6) is 0 Å². The van der Waals surface area contributed by atoms with Crippen LogP contribution in [0.4, 0.5) is 0 Å². The molecule has 0 aliphatic rings. The number of hydrogen-bond donors (Lipinski definition) is 1. The van der Waals surface area contributed by atoms with Crippen LogP contribution in [0.15, 0.2) is 148 Å². The number of hydrogen-bond acceptors (Lipinski definition) is 3. The molecule has 0 saturated heterocycles. The van der Waals surface area contributed by atoms with E-state index in [4.69, 9.17) is 14.8 Å². The maximum Gasteiger partial charge on any atom is 0.227 e. The summed E-state index contributed by atoms with van der Waals surface area (Å²) in [6.45, 7) is 0. The molecule has 0 radical (unpaired) electrons. The van der Waals surface area contributed by atoms with Crippen LogP contribution in [0.3, 0.4) is 0 Å². The average molecular weight is 529 g/mol. The van der Waals surface area contributed by atoms with Crippen molar-refractivity contribution in [2.75, 3.05) is 0 Å². The van der Waals surface area contributed by atoms with Gasteiger partial charge in [-0.25, -0.2) is 15.0 Å². The molecule has 0 aliphatic heterocycles. The van der Waals surface area contributed by atoms with Crippen LogP contribution in [0.2, 0.25) is 0 Å². The molecular weight excluding hydrogens is 504 g/mol. The molecule has 0 spiro atoms. The Bertz CT molecular complexity index is 2100. The lowest BCUT2D eigenvalue weighted by atomic mass is 10.0. The number of nitrogens with one attached hydrogen (secondary N) is 1. The Morgan fingerprint density at radius 1 is 0.659 bits per heavy atom. The summed E-state index contributed by atoms with van der Waals surface area (Å²) in [4.78, 5) is 14.2. The van der Waals surface area contributed by atoms with E-state index in [1.165, 1.54) is 0 Å². The van der Waals surface area contributed by atoms with Crippen molar-refractivity contribution >= 4 is 50.5 Å². The molecule has 7 aromatic rings. The van der Waals surface area contributed by atoms with Gasteiger partial charge < -0.3 is 4.42 Å². The lowest BCUT2D eigenvalue weighted by molar-refractivity contribution is 0.620. The molecule has 0 atom stereocenters. The largest absolute Gasteiger partial charge is 0.436 e. The summed E-state index contributed by atoms with van der Waals surface area (Å²) >= 11 is 0. The van der Waals surface area contributed by atoms with Crippen LogP contribution in [0.25, 0.3) is 44.1 Å². The SMILES string of the molecule is N=C(N=C(N=Cc1ccccc1)c1ccccc1)c1ccc2c(ccc3oc(-c4cccc5ccccc45)nc32)c1. The number of oxazole rings is 1. The second-order valence-electron chi connectivity index (χ2n) is 9.71. The van der Waals surface area contributed by atoms with Crippen LogP contribution >= 0.6 is 0 Å². The Morgan fingerprint density at radius 2 is 1.41 bits per heavy atom. The average Bonchev–Trinajstić information content (AvgIpc) is 3.48. The van der Waals surface area contributed by atoms with Gasteiger partial charge in [-0.2, -0.15) is 0 Å². The molecule has 194 valence electrons. The van der Waals surface area contributed by atoms with Crippen LogP contribution in [-0.4, -0.2) is 22.9 Å². The molecule has 6 aromatic carbocycles. The van der Waals surface area contributed by atoms with Gasteiger partial charge in [-0.1, -0.05) is 115 Å². The molecule has 7 rings (SSSR count). The summed E-state index contributed by atoms with van der Waals surface area (Å²) in [7, 11) is 0. The van der Waals surface area contributed by atoms with Gasteiger partial charge in [0.15, 0.2) is 17.3 Å². The van der Waals surface area contributed by atoms with Gasteiger partial charge in [0.2, 0.25) is 5.89 Å². The Balaban J connectivity index is 1.26. The van der Waals surface area contributed by atoms with Crippen molar-refractivity contribution in [2.24, 2.45) is 9.98 Å². The van der Waals surface area contributed by atoms with E-state index in [2.05, 4.69) is 28.2 Å². The summed E-state index contributed by atoms with van der Waals surface area (Å²) < 4.78 is 6.22. The van der Waals surface area contributed by atoms with Gasteiger partial charge in [-0.15, -0.1) is 0 Å². The highest BCUT2D eigenvalue weighted by molar-refractivity contribution is 6.15. The maximum atomic E-state index is 8.83. The van der Waals surface area contributed by atoms with Crippen molar-refractivity contribution in [3.63, 3.8) is 0 Å². The quantitative estimate of drug-likeness (QED) is 0.183. The van der Waals surface area contributed by atoms with Gasteiger partial charge in [-0.05, 0) is 39.9 Å². The second-order valence-corrected chi connectivity index (χ2v) is 9.71. The standard InChI is InChI=1S/C36H24N4O/c37-34(40-35(26-13-5-2-6-14-26)38-23-24-10-3-1-4-11-24)28-18-20-30-27(22-28)19-21-32-33(30)39-36(41-32)31-17-9-15-25-12-7-8-16-29(25)31/h1-23,37H. The minimum atomic E-state index is 0.132. The second kappa shape index (κ2) is 10.5. The smallest absolute Gasteiger partial charge is 0.227 e. The molecule has 0 bridgehead atoms. The van der Waals surface area contributed by atoms with Crippen molar-refractivity contribution in [1.82, 2.24) is 4.98 Å². The summed E-state index contributed by atoms with van der Waals surface area (Å²) in [6.07, 6.45) is 1.77. The van der Waals surface area contributed by atoms with E-state index in [9.17, 15) is 0 Å². The molecule has 5 heteroatoms. The van der Waals surface area contributed by atoms with Crippen LogP contribution < -0.4 is 0 Å². The van der Waals surface area contributed by atoms with Crippen molar-refractivity contribution in [3.8, 4) is 11.5 Å². The lowest BCUT2D eigenvalue weighted by Gasteiger charge is -2.05. The number of rotatable bonds is 4. The van der Waals surface area contributed by atoms with Crippen LogP contribution in [-0.2, 0) is 0 Å². The third-order valence-electron chi connectivity index (χ3n) is 7.05. The zero-order valence-corrected chi connectivity index (χ0v) is 22.0. The van der Waals surface area contributed by atoms with Gasteiger partial charge in [0.05, 0.1) is 0 Å². The third kappa shape index (κ3) is 4.81. The Hall–Kier alpha value is -5.68. The van der Waals surface area contributed by atoms with E-state index < -0.39 is 0 Å². The number of amidine groups is 2. The van der Waals surface area contributed by atoms with Gasteiger partial charge in [-0.3, -0.25) is 5.41 Å². The van der Waals surface area contributed by atoms with Crippen molar-refractivity contribution in [2.45, 2.75) is 0 Å². The van der Waals surface area contributed by atoms with E-state index in [0.717, 1.165) is 49.3 Å². The third-order valence-corrected chi connectivity index (χ3v) is 7.05. The predicted octanol–water partition coefficient (Wildman–Crippen LogP) is 8.69. The normalized spacial score (nSPS) is 12.0. The van der Waals surface area contributed by atoms with Crippen LogP contribution in [0, 0.1) is 5.41 Å². The highest BCUT2D eigenvalue weighted by atomic mass is 16.3. The Labute approximate surface area is 236 Å². The molecule has 0 saturated carbocycles. The van der Waals surface area contributed by atoms with E-state index in [1.807, 2.05) is 115 Å². The number of benzene rings is 6. The molecule has 1 aromatic heterocycles. The van der Waals surface area contributed by atoms with Crippen molar-refractivity contribution in [1.29, 1.82) is 5.41 Å². The molecule has 5 nitrogen and oxygen atoms in total. The van der Waals surface area contributed by atoms with E-state index in [-0.39, 0.29) is 5.84 Å². The minimum absolute atomic E-state index is 0.132. The minimum Gasteiger partial charge on any atom is -0.436 e. The predicted molar refractivity (Wildman–Crippen MR) is 168 cm³/mol. The van der Waals surface area contributed by atoms with E-state index >= 15 is 0 Å². The first-order valence-electron chi connectivity index (χ1n) is 13.4. The summed E-state index contributed by atoms with van der Waals surface area (Å²) in [5.41, 5.74) is 4.98. The number of fused-ring (bicyclic) bond motifs is 4. The fraction of sp³-hybridized carbons (Fsp3) is 0. The molecule has 0 fully saturated rings. The first-order chi connectivity index (χ1) is 20.2. The highest BCUT2D eigenvalue weighted by Gasteiger charge is 2.14. The monoisotopic (exact) mass is 528 g/mol. The summed E-state index contributed by atoms with van der Waals surface area (Å²) in [5, 5.41) is 13.0. The van der Waals surface area contributed by atoms with Crippen molar-refractivity contribution in [3.05, 3.63) is 150 Å². The van der Waals surface area contributed by atoms with E-state index in [0.29, 0.717) is 17.3 Å². The van der Waals surface area contributed by atoms with Gasteiger partial charge in [0.25, 0.3) is 0 Å². The molecule has 41 heavy (non-hydrogen) atoms. The topological polar surface area (TPSA) is 74.6 Å². The first-order valence-corrected chi connectivity index (χ1v) is 13.4. The Kier molecular flexibility index (Phi) is 6.22. The first kappa shape index (κ1) is 24.4. The van der Waals surface area contributed by atoms with Gasteiger partial charge in [0.1, 0.15) is 5.52 Å².